The molecule has 0 aliphatic rings. The molecule has 0 atom stereocenters. The summed E-state index contributed by atoms with van der Waals surface area (Å²) in [6.45, 7) is 16.2. The van der Waals surface area contributed by atoms with Gasteiger partial charge in [0.1, 0.15) is 11.5 Å². The normalized spacial score (nSPS) is 10.4. The topological polar surface area (TPSA) is 47.9 Å². The number of rotatable bonds is 9. The molecule has 1 rings (SSSR count). The van der Waals surface area contributed by atoms with Crippen LogP contribution in [0.4, 0.5) is 0 Å². The molecule has 0 fully saturated rings. The van der Waals surface area contributed by atoms with Gasteiger partial charge in [-0.1, -0.05) is 44.6 Å². The molecule has 0 amide bonds. The fraction of sp³-hybridized carbons (Fsp3) is 0.727. The predicted octanol–water partition coefficient (Wildman–Crippen LogP) is 8.75. The molecule has 0 aliphatic carbocycles. The van der Waals surface area contributed by atoms with Crippen LogP contribution in [-0.4, -0.2) is 36.9 Å². The second-order valence-electron chi connectivity index (χ2n) is 8.01. The fourth-order valence-corrected chi connectivity index (χ4v) is 15.1. The van der Waals surface area contributed by atoms with Crippen LogP contribution in [0.1, 0.15) is 51.0 Å². The molecule has 1 N–H and O–H groups in total. The Bertz CT molecular complexity index is 464. The van der Waals surface area contributed by atoms with Gasteiger partial charge < -0.3 is 18.1 Å². The molecule has 0 saturated carbocycles. The highest BCUT2D eigenvalue weighted by molar-refractivity contribution is 6.87. The second kappa shape index (κ2) is 17.1. The average molecular weight is 469 g/mol. The highest BCUT2D eigenvalue weighted by Gasteiger charge is 2.39. The van der Waals surface area contributed by atoms with Gasteiger partial charge in [-0.05, 0) is 82.6 Å². The van der Waals surface area contributed by atoms with Crippen LogP contribution in [0.15, 0.2) is 24.3 Å². The van der Waals surface area contributed by atoms with Crippen molar-refractivity contribution in [2.24, 2.45) is 0 Å². The number of phenolic OH excluding ortho intramolecular Hbond substituents is 1. The van der Waals surface area contributed by atoms with E-state index in [9.17, 15) is 5.11 Å². The molecular formula is C22H56O4Si3. The van der Waals surface area contributed by atoms with Gasteiger partial charge in [0.25, 0.3) is 0 Å². The summed E-state index contributed by atoms with van der Waals surface area (Å²) in [5.74, 6) is 1.04. The van der Waals surface area contributed by atoms with E-state index in [1.54, 1.807) is 24.3 Å². The molecule has 0 bridgehead atoms. The van der Waals surface area contributed by atoms with Crippen LogP contribution >= 0.6 is 0 Å². The largest absolute Gasteiger partial charge is 0.508 e. The number of hydrogen-bond donors (Lipinski definition) is 1. The summed E-state index contributed by atoms with van der Waals surface area (Å²) < 4.78 is 18.7. The SMILES string of the molecule is C.C.C.C.C.C.C[Si](C)(C)O[Si](C)(CCCOc1ccc(O)cc1)O[Si](C)(C)C. The second-order valence-corrected chi connectivity index (χ2v) is 20.9. The summed E-state index contributed by atoms with van der Waals surface area (Å²) in [4.78, 5) is 0. The molecule has 1 aromatic rings. The van der Waals surface area contributed by atoms with Crippen LogP contribution in [0.2, 0.25) is 51.9 Å². The lowest BCUT2D eigenvalue weighted by Gasteiger charge is -2.38. The molecule has 7 heteroatoms. The lowest BCUT2D eigenvalue weighted by molar-refractivity contribution is 0.306. The van der Waals surface area contributed by atoms with E-state index < -0.39 is 25.2 Å². The Morgan fingerprint density at radius 2 is 1.07 bits per heavy atom. The first-order valence-electron chi connectivity index (χ1n) is 8.21. The Balaban J connectivity index is -0.000000220. The lowest BCUT2D eigenvalue weighted by Crippen LogP contribution is -2.52. The van der Waals surface area contributed by atoms with Gasteiger partial charge in [-0.25, -0.2) is 0 Å². The zero-order valence-electron chi connectivity index (χ0n) is 15.6. The molecule has 0 heterocycles. The van der Waals surface area contributed by atoms with Gasteiger partial charge >= 0.3 is 8.56 Å². The average Bonchev–Trinajstić information content (AvgIpc) is 2.32. The van der Waals surface area contributed by atoms with Gasteiger partial charge in [0.05, 0.1) is 6.61 Å². The number of benzene rings is 1. The van der Waals surface area contributed by atoms with Gasteiger partial charge in [0.15, 0.2) is 16.6 Å². The van der Waals surface area contributed by atoms with Crippen molar-refractivity contribution in [2.45, 2.75) is 103 Å². The molecular weight excluding hydrogens is 412 g/mol. The van der Waals surface area contributed by atoms with Gasteiger partial charge in [-0.15, -0.1) is 0 Å². The van der Waals surface area contributed by atoms with Crippen molar-refractivity contribution in [2.75, 3.05) is 6.61 Å². The summed E-state index contributed by atoms with van der Waals surface area (Å²) in [5.41, 5.74) is 0. The van der Waals surface area contributed by atoms with Crippen LogP contribution in [0.25, 0.3) is 0 Å². The Hall–Kier alpha value is -0.609. The Labute approximate surface area is 188 Å². The maximum atomic E-state index is 9.28. The van der Waals surface area contributed by atoms with Crippen molar-refractivity contribution < 1.29 is 18.1 Å². The molecule has 0 aliphatic heterocycles. The minimum atomic E-state index is -2.16. The van der Waals surface area contributed by atoms with E-state index in [0.717, 1.165) is 18.2 Å². The summed E-state index contributed by atoms with van der Waals surface area (Å²) in [6.07, 6.45) is 0.915. The van der Waals surface area contributed by atoms with Gasteiger partial charge in [-0.3, -0.25) is 0 Å². The molecule has 0 unspecified atom stereocenters. The third-order valence-corrected chi connectivity index (χ3v) is 12.5. The van der Waals surface area contributed by atoms with E-state index in [1.807, 2.05) is 0 Å². The number of ether oxygens (including phenoxy) is 1. The minimum Gasteiger partial charge on any atom is -0.508 e. The van der Waals surface area contributed by atoms with Crippen LogP contribution in [-0.2, 0) is 8.23 Å². The van der Waals surface area contributed by atoms with Gasteiger partial charge in [-0.2, -0.15) is 0 Å². The molecule has 29 heavy (non-hydrogen) atoms. The Morgan fingerprint density at radius 1 is 0.690 bits per heavy atom. The van der Waals surface area contributed by atoms with E-state index in [4.69, 9.17) is 13.0 Å². The van der Waals surface area contributed by atoms with E-state index in [0.29, 0.717) is 6.61 Å². The molecule has 1 aromatic carbocycles. The molecule has 4 nitrogen and oxygen atoms in total. The van der Waals surface area contributed by atoms with E-state index in [1.165, 1.54) is 0 Å². The van der Waals surface area contributed by atoms with Crippen LogP contribution < -0.4 is 4.74 Å². The first-order chi connectivity index (χ1) is 10.4. The summed E-state index contributed by atoms with van der Waals surface area (Å²) in [6, 6.07) is 7.78. The fourth-order valence-electron chi connectivity index (χ4n) is 2.54. The summed E-state index contributed by atoms with van der Waals surface area (Å²) in [5, 5.41) is 9.28. The van der Waals surface area contributed by atoms with E-state index in [-0.39, 0.29) is 50.3 Å². The highest BCUT2D eigenvalue weighted by atomic mass is 28.5. The third-order valence-electron chi connectivity index (χ3n) is 2.92. The zero-order chi connectivity index (χ0) is 17.7. The number of hydrogen-bond acceptors (Lipinski definition) is 4. The molecule has 0 saturated heterocycles. The van der Waals surface area contributed by atoms with E-state index in [2.05, 4.69) is 45.8 Å². The smallest absolute Gasteiger partial charge is 0.314 e. The number of aromatic hydroxyl groups is 1. The lowest BCUT2D eigenvalue weighted by atomic mass is 10.3. The standard InChI is InChI=1S/C16H32O4Si3.6CH4/c1-21(2,3)19-23(7,20-22(4,5)6)14-8-13-18-16-11-9-15(17)10-12-16;;;;;;/h9-12,17H,8,13-14H2,1-7H3;6*1H4. The Kier molecular flexibility index (Phi) is 25.1. The quantitative estimate of drug-likeness (QED) is 0.290. The van der Waals surface area contributed by atoms with Crippen molar-refractivity contribution >= 4 is 25.2 Å². The first-order valence-corrected chi connectivity index (χ1v) is 17.5. The van der Waals surface area contributed by atoms with Crippen molar-refractivity contribution in [3.05, 3.63) is 24.3 Å². The predicted molar refractivity (Wildman–Crippen MR) is 144 cm³/mol. The van der Waals surface area contributed by atoms with E-state index >= 15 is 0 Å². The maximum Gasteiger partial charge on any atom is 0.314 e. The summed E-state index contributed by atoms with van der Waals surface area (Å²) >= 11 is 0. The monoisotopic (exact) mass is 468 g/mol. The molecule has 0 spiro atoms. The molecule has 0 aromatic heterocycles. The molecule has 0 radical (unpaired) electrons. The van der Waals surface area contributed by atoms with Crippen LogP contribution in [0, 0.1) is 0 Å². The van der Waals surface area contributed by atoms with Crippen LogP contribution in [0.3, 0.4) is 0 Å². The molecule has 180 valence electrons. The van der Waals surface area contributed by atoms with Crippen LogP contribution in [0.5, 0.6) is 11.5 Å². The third kappa shape index (κ3) is 20.4. The van der Waals surface area contributed by atoms with Crippen molar-refractivity contribution in [3.63, 3.8) is 0 Å². The zero-order valence-corrected chi connectivity index (χ0v) is 18.6. The maximum absolute atomic E-state index is 9.28. The Morgan fingerprint density at radius 3 is 1.41 bits per heavy atom. The van der Waals surface area contributed by atoms with Gasteiger partial charge in [0, 0.05) is 0 Å². The number of phenols is 1. The van der Waals surface area contributed by atoms with Crippen molar-refractivity contribution in [3.8, 4) is 11.5 Å². The highest BCUT2D eigenvalue weighted by Crippen LogP contribution is 2.25. The van der Waals surface area contributed by atoms with Gasteiger partial charge in [0.2, 0.25) is 0 Å². The first kappa shape index (κ1) is 42.5. The van der Waals surface area contributed by atoms with Crippen molar-refractivity contribution in [1.82, 2.24) is 0 Å². The van der Waals surface area contributed by atoms with Crippen molar-refractivity contribution in [1.29, 1.82) is 0 Å². The minimum absolute atomic E-state index is 0. The summed E-state index contributed by atoms with van der Waals surface area (Å²) in [7, 11) is -5.43.